The molecule has 0 spiro atoms. The molecule has 3 N–H and O–H groups in total. The Balaban J connectivity index is 2.68. The summed E-state index contributed by atoms with van der Waals surface area (Å²) in [5, 5.41) is 2.66. The van der Waals surface area contributed by atoms with E-state index in [9.17, 15) is 4.79 Å². The number of nitrogens with zero attached hydrogens (tertiary/aromatic N) is 1. The van der Waals surface area contributed by atoms with Crippen molar-refractivity contribution >= 4 is 5.91 Å². The Hall–Kier alpha value is -1.42. The molecule has 0 fully saturated rings. The minimum Gasteiger partial charge on any atom is -0.355 e. The average molecular weight is 179 g/mol. The predicted octanol–water partition coefficient (Wildman–Crippen LogP) is 0.217. The molecular weight excluding hydrogens is 166 g/mol. The van der Waals surface area contributed by atoms with Crippen LogP contribution in [0.3, 0.4) is 0 Å². The van der Waals surface area contributed by atoms with Gasteiger partial charge in [-0.2, -0.15) is 0 Å². The molecule has 1 rings (SSSR count). The average Bonchev–Trinajstić information content (AvgIpc) is 2.18. The summed E-state index contributed by atoms with van der Waals surface area (Å²) in [4.78, 5) is 15.1. The van der Waals surface area contributed by atoms with Crippen LogP contribution in [0.1, 0.15) is 18.5 Å². The number of likely N-dealkylation sites (N-methyl/N-ethyl adjacent to an activating group) is 1. The first-order valence-electron chi connectivity index (χ1n) is 4.19. The number of amides is 1. The minimum absolute atomic E-state index is 0.159. The predicted molar refractivity (Wildman–Crippen MR) is 49.8 cm³/mol. The van der Waals surface area contributed by atoms with Gasteiger partial charge in [0.1, 0.15) is 6.04 Å². The lowest BCUT2D eigenvalue weighted by Gasteiger charge is -2.10. The molecule has 0 bridgehead atoms. The lowest BCUT2D eigenvalue weighted by molar-refractivity contribution is -0.122. The minimum atomic E-state index is -0.594. The molecule has 0 saturated carbocycles. The molecule has 0 radical (unpaired) electrons. The zero-order chi connectivity index (χ0) is 9.68. The molecule has 13 heavy (non-hydrogen) atoms. The second kappa shape index (κ2) is 4.57. The number of hydrogen-bond acceptors (Lipinski definition) is 3. The maximum absolute atomic E-state index is 11.3. The van der Waals surface area contributed by atoms with Crippen molar-refractivity contribution in [3.63, 3.8) is 0 Å². The van der Waals surface area contributed by atoms with Crippen LogP contribution in [0.4, 0.5) is 0 Å². The number of nitrogens with two attached hydrogens (primary N) is 1. The van der Waals surface area contributed by atoms with E-state index in [2.05, 4.69) is 10.3 Å². The number of nitrogens with one attached hydrogen (secondary N) is 1. The standard InChI is InChI=1S/C9H13N3O/c1-2-12-9(13)8(10)7-3-5-11-6-4-7/h3-6,8H,2,10H2,1H3,(H,12,13). The summed E-state index contributed by atoms with van der Waals surface area (Å²) in [6.45, 7) is 2.45. The summed E-state index contributed by atoms with van der Waals surface area (Å²) < 4.78 is 0. The summed E-state index contributed by atoms with van der Waals surface area (Å²) in [5.41, 5.74) is 6.46. The molecule has 0 aromatic carbocycles. The van der Waals surface area contributed by atoms with E-state index in [1.54, 1.807) is 24.5 Å². The van der Waals surface area contributed by atoms with Gasteiger partial charge in [0.2, 0.25) is 5.91 Å². The zero-order valence-corrected chi connectivity index (χ0v) is 7.53. The summed E-state index contributed by atoms with van der Waals surface area (Å²) in [7, 11) is 0. The second-order valence-corrected chi connectivity index (χ2v) is 2.65. The van der Waals surface area contributed by atoms with Gasteiger partial charge in [-0.3, -0.25) is 9.78 Å². The van der Waals surface area contributed by atoms with Crippen molar-refractivity contribution in [1.82, 2.24) is 10.3 Å². The van der Waals surface area contributed by atoms with Crippen LogP contribution in [0, 0.1) is 0 Å². The van der Waals surface area contributed by atoms with E-state index < -0.39 is 6.04 Å². The highest BCUT2D eigenvalue weighted by molar-refractivity contribution is 5.82. The summed E-state index contributed by atoms with van der Waals surface area (Å²) >= 11 is 0. The van der Waals surface area contributed by atoms with Gasteiger partial charge >= 0.3 is 0 Å². The lowest BCUT2D eigenvalue weighted by Crippen LogP contribution is -2.33. The fraction of sp³-hybridized carbons (Fsp3) is 0.333. The van der Waals surface area contributed by atoms with E-state index in [-0.39, 0.29) is 5.91 Å². The first-order chi connectivity index (χ1) is 6.25. The van der Waals surface area contributed by atoms with Gasteiger partial charge in [0.05, 0.1) is 0 Å². The summed E-state index contributed by atoms with van der Waals surface area (Å²) in [6.07, 6.45) is 3.24. The van der Waals surface area contributed by atoms with Crippen LogP contribution in [-0.4, -0.2) is 17.4 Å². The van der Waals surface area contributed by atoms with Gasteiger partial charge in [0, 0.05) is 18.9 Å². The molecule has 1 atom stereocenters. The first kappa shape index (κ1) is 9.67. The summed E-state index contributed by atoms with van der Waals surface area (Å²) in [5.74, 6) is -0.159. The first-order valence-corrected chi connectivity index (χ1v) is 4.19. The van der Waals surface area contributed by atoms with Crippen LogP contribution in [0.25, 0.3) is 0 Å². The van der Waals surface area contributed by atoms with Gasteiger partial charge in [-0.1, -0.05) is 0 Å². The van der Waals surface area contributed by atoms with Gasteiger partial charge in [-0.05, 0) is 24.6 Å². The van der Waals surface area contributed by atoms with Crippen LogP contribution in [0.15, 0.2) is 24.5 Å². The molecule has 70 valence electrons. The lowest BCUT2D eigenvalue weighted by atomic mass is 10.1. The third-order valence-corrected chi connectivity index (χ3v) is 1.70. The molecule has 4 heteroatoms. The molecule has 1 amide bonds. The van der Waals surface area contributed by atoms with Gasteiger partial charge in [-0.15, -0.1) is 0 Å². The second-order valence-electron chi connectivity index (χ2n) is 2.65. The molecule has 0 aliphatic heterocycles. The van der Waals surface area contributed by atoms with Crippen molar-refractivity contribution in [2.24, 2.45) is 5.73 Å². The molecule has 1 heterocycles. The number of hydrogen-bond donors (Lipinski definition) is 2. The molecule has 0 saturated heterocycles. The number of carbonyl (C=O) groups excluding carboxylic acids is 1. The van der Waals surface area contributed by atoms with Gasteiger partial charge in [0.15, 0.2) is 0 Å². The third-order valence-electron chi connectivity index (χ3n) is 1.70. The maximum Gasteiger partial charge on any atom is 0.241 e. The zero-order valence-electron chi connectivity index (χ0n) is 7.53. The van der Waals surface area contributed by atoms with E-state index in [0.717, 1.165) is 5.56 Å². The Labute approximate surface area is 77.2 Å². The molecule has 0 aliphatic carbocycles. The Kier molecular flexibility index (Phi) is 3.40. The highest BCUT2D eigenvalue weighted by atomic mass is 16.2. The van der Waals surface area contributed by atoms with Crippen molar-refractivity contribution in [2.75, 3.05) is 6.54 Å². The SMILES string of the molecule is CCNC(=O)C(N)c1ccncc1. The van der Waals surface area contributed by atoms with Crippen molar-refractivity contribution in [3.8, 4) is 0 Å². The molecule has 1 aromatic rings. The number of carbonyl (C=O) groups is 1. The fourth-order valence-corrected chi connectivity index (χ4v) is 1.01. The monoisotopic (exact) mass is 179 g/mol. The van der Waals surface area contributed by atoms with Crippen molar-refractivity contribution in [2.45, 2.75) is 13.0 Å². The van der Waals surface area contributed by atoms with E-state index in [1.807, 2.05) is 6.92 Å². The normalized spacial score (nSPS) is 12.2. The van der Waals surface area contributed by atoms with E-state index in [4.69, 9.17) is 5.73 Å². The molecular formula is C9H13N3O. The van der Waals surface area contributed by atoms with E-state index in [0.29, 0.717) is 6.54 Å². The maximum atomic E-state index is 11.3. The smallest absolute Gasteiger partial charge is 0.241 e. The Bertz CT molecular complexity index is 273. The quantitative estimate of drug-likeness (QED) is 0.697. The van der Waals surface area contributed by atoms with Crippen molar-refractivity contribution < 1.29 is 4.79 Å². The topological polar surface area (TPSA) is 68.0 Å². The van der Waals surface area contributed by atoms with E-state index in [1.165, 1.54) is 0 Å². The highest BCUT2D eigenvalue weighted by Gasteiger charge is 2.13. The van der Waals surface area contributed by atoms with Crippen LogP contribution >= 0.6 is 0 Å². The highest BCUT2D eigenvalue weighted by Crippen LogP contribution is 2.07. The number of pyridine rings is 1. The van der Waals surface area contributed by atoms with Crippen LogP contribution in [0.5, 0.6) is 0 Å². The molecule has 0 aliphatic rings. The number of aromatic nitrogens is 1. The number of rotatable bonds is 3. The molecule has 4 nitrogen and oxygen atoms in total. The van der Waals surface area contributed by atoms with Crippen molar-refractivity contribution in [3.05, 3.63) is 30.1 Å². The fourth-order valence-electron chi connectivity index (χ4n) is 1.01. The van der Waals surface area contributed by atoms with Crippen LogP contribution < -0.4 is 11.1 Å². The van der Waals surface area contributed by atoms with Crippen molar-refractivity contribution in [1.29, 1.82) is 0 Å². The van der Waals surface area contributed by atoms with Gasteiger partial charge in [-0.25, -0.2) is 0 Å². The van der Waals surface area contributed by atoms with E-state index >= 15 is 0 Å². The third kappa shape index (κ3) is 2.52. The molecule has 1 unspecified atom stereocenters. The van der Waals surface area contributed by atoms with Gasteiger partial charge in [0.25, 0.3) is 0 Å². The van der Waals surface area contributed by atoms with Crippen LogP contribution in [0.2, 0.25) is 0 Å². The summed E-state index contributed by atoms with van der Waals surface area (Å²) in [6, 6.07) is 2.88. The largest absolute Gasteiger partial charge is 0.355 e. The Morgan fingerprint density at radius 1 is 1.62 bits per heavy atom. The molecule has 1 aromatic heterocycles. The van der Waals surface area contributed by atoms with Crippen LogP contribution in [-0.2, 0) is 4.79 Å². The Morgan fingerprint density at radius 3 is 2.77 bits per heavy atom. The van der Waals surface area contributed by atoms with Gasteiger partial charge < -0.3 is 11.1 Å². The Morgan fingerprint density at radius 2 is 2.23 bits per heavy atom.